The number of amides is 1. The summed E-state index contributed by atoms with van der Waals surface area (Å²) in [5.74, 6) is 0.162. The van der Waals surface area contributed by atoms with Gasteiger partial charge >= 0.3 is 0 Å². The molecule has 1 aliphatic heterocycles. The van der Waals surface area contributed by atoms with Crippen LogP contribution in [0.15, 0.2) is 24.4 Å². The standard InChI is InChI=1S/C19H23N3O/c1-21-18-7-4-10-22(13-17(18)12-20-21)19(23)16-9-8-14-5-2-3-6-15(14)11-16/h8-9,11-12H,2-7,10,13H2,1H3. The zero-order valence-corrected chi connectivity index (χ0v) is 13.7. The van der Waals surface area contributed by atoms with Crippen LogP contribution in [0.2, 0.25) is 0 Å². The van der Waals surface area contributed by atoms with Gasteiger partial charge in [-0.05, 0) is 61.8 Å². The van der Waals surface area contributed by atoms with Gasteiger partial charge in [0.05, 0.1) is 6.20 Å². The molecule has 120 valence electrons. The highest BCUT2D eigenvalue weighted by Crippen LogP contribution is 2.24. The minimum atomic E-state index is 0.162. The summed E-state index contributed by atoms with van der Waals surface area (Å²) in [4.78, 5) is 14.9. The highest BCUT2D eigenvalue weighted by atomic mass is 16.2. The Kier molecular flexibility index (Phi) is 3.68. The van der Waals surface area contributed by atoms with Gasteiger partial charge in [-0.1, -0.05) is 6.07 Å². The van der Waals surface area contributed by atoms with Crippen LogP contribution in [-0.2, 0) is 32.9 Å². The second-order valence-electron chi connectivity index (χ2n) is 6.76. The van der Waals surface area contributed by atoms with E-state index in [1.165, 1.54) is 35.2 Å². The molecule has 4 heteroatoms. The van der Waals surface area contributed by atoms with Crippen molar-refractivity contribution >= 4 is 5.91 Å². The number of rotatable bonds is 1. The predicted octanol–water partition coefficient (Wildman–Crippen LogP) is 2.89. The number of aryl methyl sites for hydroxylation is 3. The summed E-state index contributed by atoms with van der Waals surface area (Å²) in [5.41, 5.74) is 6.11. The molecule has 0 saturated heterocycles. The third-order valence-electron chi connectivity index (χ3n) is 5.23. The maximum Gasteiger partial charge on any atom is 0.254 e. The molecule has 0 radical (unpaired) electrons. The second-order valence-corrected chi connectivity index (χ2v) is 6.76. The van der Waals surface area contributed by atoms with E-state index in [9.17, 15) is 4.79 Å². The van der Waals surface area contributed by atoms with E-state index < -0.39 is 0 Å². The van der Waals surface area contributed by atoms with Crippen LogP contribution in [0.3, 0.4) is 0 Å². The van der Waals surface area contributed by atoms with Crippen molar-refractivity contribution in [2.24, 2.45) is 7.05 Å². The molecule has 0 fully saturated rings. The summed E-state index contributed by atoms with van der Waals surface area (Å²) < 4.78 is 1.95. The summed E-state index contributed by atoms with van der Waals surface area (Å²) >= 11 is 0. The molecule has 2 heterocycles. The highest BCUT2D eigenvalue weighted by Gasteiger charge is 2.23. The number of carbonyl (C=O) groups is 1. The number of nitrogens with zero attached hydrogens (tertiary/aromatic N) is 3. The van der Waals surface area contributed by atoms with E-state index in [1.807, 2.05) is 28.9 Å². The van der Waals surface area contributed by atoms with Crippen molar-refractivity contribution in [3.63, 3.8) is 0 Å². The van der Waals surface area contributed by atoms with Gasteiger partial charge in [0.2, 0.25) is 0 Å². The summed E-state index contributed by atoms with van der Waals surface area (Å²) in [6, 6.07) is 6.31. The summed E-state index contributed by atoms with van der Waals surface area (Å²) in [7, 11) is 1.99. The smallest absolute Gasteiger partial charge is 0.254 e. The lowest BCUT2D eigenvalue weighted by Gasteiger charge is -2.22. The van der Waals surface area contributed by atoms with Gasteiger partial charge in [-0.25, -0.2) is 0 Å². The predicted molar refractivity (Wildman–Crippen MR) is 89.4 cm³/mol. The van der Waals surface area contributed by atoms with E-state index >= 15 is 0 Å². The van der Waals surface area contributed by atoms with Crippen LogP contribution in [0.4, 0.5) is 0 Å². The topological polar surface area (TPSA) is 38.1 Å². The summed E-state index contributed by atoms with van der Waals surface area (Å²) in [6.07, 6.45) is 8.70. The number of hydrogen-bond acceptors (Lipinski definition) is 2. The number of aromatic nitrogens is 2. The van der Waals surface area contributed by atoms with Crippen molar-refractivity contribution < 1.29 is 4.79 Å². The SMILES string of the molecule is Cn1ncc2c1CCCN(C(=O)c1ccc3c(c1)CCCC3)C2. The van der Waals surface area contributed by atoms with Gasteiger partial charge in [0.25, 0.3) is 5.91 Å². The molecule has 1 aromatic carbocycles. The lowest BCUT2D eigenvalue weighted by atomic mass is 9.90. The molecule has 1 amide bonds. The molecule has 4 rings (SSSR count). The van der Waals surface area contributed by atoms with E-state index in [-0.39, 0.29) is 5.91 Å². The molecule has 0 spiro atoms. The Balaban J connectivity index is 1.59. The minimum absolute atomic E-state index is 0.162. The zero-order chi connectivity index (χ0) is 15.8. The normalized spacial score (nSPS) is 17.3. The van der Waals surface area contributed by atoms with Gasteiger partial charge in [-0.3, -0.25) is 9.48 Å². The third kappa shape index (κ3) is 2.67. The Labute approximate surface area is 137 Å². The van der Waals surface area contributed by atoms with Crippen molar-refractivity contribution in [2.75, 3.05) is 6.54 Å². The lowest BCUT2D eigenvalue weighted by Crippen LogP contribution is -2.30. The van der Waals surface area contributed by atoms with Crippen LogP contribution in [0.1, 0.15) is 52.0 Å². The Hall–Kier alpha value is -2.10. The molecule has 23 heavy (non-hydrogen) atoms. The summed E-state index contributed by atoms with van der Waals surface area (Å²) in [5, 5.41) is 4.34. The first-order valence-electron chi connectivity index (χ1n) is 8.63. The van der Waals surface area contributed by atoms with Gasteiger partial charge in [0.1, 0.15) is 0 Å². The van der Waals surface area contributed by atoms with Crippen molar-refractivity contribution in [3.8, 4) is 0 Å². The molecule has 0 N–H and O–H groups in total. The van der Waals surface area contributed by atoms with E-state index in [1.54, 1.807) is 0 Å². The van der Waals surface area contributed by atoms with Crippen molar-refractivity contribution in [1.82, 2.24) is 14.7 Å². The van der Waals surface area contributed by atoms with Crippen molar-refractivity contribution in [1.29, 1.82) is 0 Å². The second kappa shape index (κ2) is 5.84. The molecule has 1 aliphatic carbocycles. The van der Waals surface area contributed by atoms with Gasteiger partial charge in [0, 0.05) is 37.0 Å². The molecule has 0 saturated carbocycles. The molecular weight excluding hydrogens is 286 g/mol. The van der Waals surface area contributed by atoms with Gasteiger partial charge in [0.15, 0.2) is 0 Å². The zero-order valence-electron chi connectivity index (χ0n) is 13.7. The molecule has 2 aromatic rings. The summed E-state index contributed by atoms with van der Waals surface area (Å²) in [6.45, 7) is 1.50. The maximum atomic E-state index is 13.0. The van der Waals surface area contributed by atoms with E-state index in [2.05, 4.69) is 17.2 Å². The molecule has 0 unspecified atom stereocenters. The van der Waals surface area contributed by atoms with Crippen molar-refractivity contribution in [3.05, 3.63) is 52.3 Å². The van der Waals surface area contributed by atoms with Gasteiger partial charge in [-0.15, -0.1) is 0 Å². The monoisotopic (exact) mass is 309 g/mol. The third-order valence-corrected chi connectivity index (χ3v) is 5.23. The first-order chi connectivity index (χ1) is 11.2. The minimum Gasteiger partial charge on any atom is -0.334 e. The first-order valence-corrected chi connectivity index (χ1v) is 8.63. The lowest BCUT2D eigenvalue weighted by molar-refractivity contribution is 0.0745. The number of hydrogen-bond donors (Lipinski definition) is 0. The molecule has 0 atom stereocenters. The van der Waals surface area contributed by atoms with E-state index in [4.69, 9.17) is 0 Å². The quantitative estimate of drug-likeness (QED) is 0.812. The molecule has 1 aromatic heterocycles. The molecule has 4 nitrogen and oxygen atoms in total. The number of fused-ring (bicyclic) bond motifs is 2. The first kappa shape index (κ1) is 14.5. The number of benzene rings is 1. The van der Waals surface area contributed by atoms with Crippen LogP contribution in [0.25, 0.3) is 0 Å². The van der Waals surface area contributed by atoms with E-state index in [0.717, 1.165) is 37.8 Å². The fourth-order valence-electron chi connectivity index (χ4n) is 3.91. The molecule has 2 aliphatic rings. The average Bonchev–Trinajstić information content (AvgIpc) is 2.81. The van der Waals surface area contributed by atoms with Crippen LogP contribution in [0.5, 0.6) is 0 Å². The highest BCUT2D eigenvalue weighted by molar-refractivity contribution is 5.94. The largest absolute Gasteiger partial charge is 0.334 e. The Bertz CT molecular complexity index is 747. The van der Waals surface area contributed by atoms with Crippen LogP contribution in [-0.4, -0.2) is 27.1 Å². The maximum absolute atomic E-state index is 13.0. The molecular formula is C19H23N3O. The van der Waals surface area contributed by atoms with Crippen molar-refractivity contribution in [2.45, 2.75) is 45.1 Å². The van der Waals surface area contributed by atoms with Crippen LogP contribution < -0.4 is 0 Å². The van der Waals surface area contributed by atoms with Crippen LogP contribution in [0, 0.1) is 0 Å². The molecule has 0 bridgehead atoms. The Morgan fingerprint density at radius 2 is 1.87 bits per heavy atom. The fourth-order valence-corrected chi connectivity index (χ4v) is 3.91. The average molecular weight is 309 g/mol. The van der Waals surface area contributed by atoms with Gasteiger partial charge in [-0.2, -0.15) is 5.10 Å². The van der Waals surface area contributed by atoms with E-state index in [0.29, 0.717) is 6.54 Å². The van der Waals surface area contributed by atoms with Gasteiger partial charge < -0.3 is 4.90 Å². The Morgan fingerprint density at radius 3 is 2.74 bits per heavy atom. The fraction of sp³-hybridized carbons (Fsp3) is 0.474. The Morgan fingerprint density at radius 1 is 1.04 bits per heavy atom. The van der Waals surface area contributed by atoms with Crippen LogP contribution >= 0.6 is 0 Å². The number of carbonyl (C=O) groups excluding carboxylic acids is 1.